The molecular weight excluding hydrogens is 258 g/mol. The van der Waals surface area contributed by atoms with Gasteiger partial charge < -0.3 is 10.4 Å². The van der Waals surface area contributed by atoms with Crippen LogP contribution in [0.15, 0.2) is 0 Å². The Labute approximate surface area is 119 Å². The summed E-state index contributed by atoms with van der Waals surface area (Å²) in [5.74, 6) is 3.43. The van der Waals surface area contributed by atoms with Crippen LogP contribution in [-0.2, 0) is 4.79 Å². The SMILES string of the molecule is C[C@H](SCCO)C(=O)NC12CC3CC(CC(C3)C1)C2. The normalized spacial score (nSPS) is 41.3. The molecule has 0 spiro atoms. The summed E-state index contributed by atoms with van der Waals surface area (Å²) in [6.07, 6.45) is 7.85. The molecule has 3 nitrogen and oxygen atoms in total. The molecule has 4 fully saturated rings. The van der Waals surface area contributed by atoms with Gasteiger partial charge in [-0.1, -0.05) is 0 Å². The lowest BCUT2D eigenvalue weighted by Gasteiger charge is -2.57. The van der Waals surface area contributed by atoms with Crippen molar-refractivity contribution in [2.75, 3.05) is 12.4 Å². The molecule has 4 bridgehead atoms. The smallest absolute Gasteiger partial charge is 0.233 e. The van der Waals surface area contributed by atoms with E-state index in [1.807, 2.05) is 6.92 Å². The Hall–Kier alpha value is -0.220. The number of nitrogens with one attached hydrogen (secondary N) is 1. The van der Waals surface area contributed by atoms with Crippen LogP contribution in [0.2, 0.25) is 0 Å². The summed E-state index contributed by atoms with van der Waals surface area (Å²) in [6, 6.07) is 0. The summed E-state index contributed by atoms with van der Waals surface area (Å²) < 4.78 is 0. The van der Waals surface area contributed by atoms with Gasteiger partial charge in [-0.15, -0.1) is 11.8 Å². The van der Waals surface area contributed by atoms with Gasteiger partial charge in [-0.05, 0) is 63.2 Å². The minimum atomic E-state index is -0.0415. The molecule has 0 saturated heterocycles. The first kappa shape index (κ1) is 13.7. The number of hydrogen-bond acceptors (Lipinski definition) is 3. The zero-order valence-corrected chi connectivity index (χ0v) is 12.5. The van der Waals surface area contributed by atoms with Gasteiger partial charge in [-0.3, -0.25) is 4.79 Å². The fourth-order valence-electron chi connectivity index (χ4n) is 4.93. The predicted octanol–water partition coefficient (Wildman–Crippen LogP) is 2.19. The van der Waals surface area contributed by atoms with Crippen LogP contribution in [0, 0.1) is 17.8 Å². The molecule has 0 aromatic carbocycles. The van der Waals surface area contributed by atoms with Crippen molar-refractivity contribution in [2.45, 2.75) is 56.2 Å². The zero-order chi connectivity index (χ0) is 13.5. The summed E-state index contributed by atoms with van der Waals surface area (Å²) in [4.78, 5) is 12.3. The number of amides is 1. The lowest BCUT2D eigenvalue weighted by atomic mass is 9.53. The van der Waals surface area contributed by atoms with Gasteiger partial charge in [0, 0.05) is 11.3 Å². The molecule has 0 radical (unpaired) electrons. The van der Waals surface area contributed by atoms with Crippen LogP contribution in [0.25, 0.3) is 0 Å². The Morgan fingerprint density at radius 1 is 1.26 bits per heavy atom. The Morgan fingerprint density at radius 3 is 2.26 bits per heavy atom. The number of aliphatic hydroxyl groups is 1. The second kappa shape index (κ2) is 5.28. The largest absolute Gasteiger partial charge is 0.396 e. The third-order valence-electron chi connectivity index (χ3n) is 5.25. The van der Waals surface area contributed by atoms with Crippen molar-refractivity contribution in [3.05, 3.63) is 0 Å². The molecular formula is C15H25NO2S. The van der Waals surface area contributed by atoms with Crippen LogP contribution in [0.4, 0.5) is 0 Å². The van der Waals surface area contributed by atoms with Crippen LogP contribution < -0.4 is 5.32 Å². The van der Waals surface area contributed by atoms with Crippen molar-refractivity contribution in [1.29, 1.82) is 0 Å². The van der Waals surface area contributed by atoms with E-state index in [9.17, 15) is 4.79 Å². The van der Waals surface area contributed by atoms with E-state index < -0.39 is 0 Å². The van der Waals surface area contributed by atoms with E-state index in [-0.39, 0.29) is 23.3 Å². The molecule has 0 unspecified atom stereocenters. The maximum atomic E-state index is 12.3. The Morgan fingerprint density at radius 2 is 1.79 bits per heavy atom. The minimum Gasteiger partial charge on any atom is -0.396 e. The standard InChI is InChI=1S/C15H25NO2S/c1-10(19-3-2-17)14(18)16-15-7-11-4-12(8-15)6-13(5-11)9-15/h10-13,17H,2-9H2,1H3,(H,16,18)/t10-,11?,12?,13?,15?/m0/s1. The molecule has 108 valence electrons. The van der Waals surface area contributed by atoms with Gasteiger partial charge >= 0.3 is 0 Å². The molecule has 1 atom stereocenters. The number of hydrogen-bond donors (Lipinski definition) is 2. The van der Waals surface area contributed by atoms with E-state index in [4.69, 9.17) is 5.11 Å². The predicted molar refractivity (Wildman–Crippen MR) is 78.1 cm³/mol. The fraction of sp³-hybridized carbons (Fsp3) is 0.933. The number of rotatable bonds is 5. The summed E-state index contributed by atoms with van der Waals surface area (Å²) in [6.45, 7) is 2.11. The second-order valence-corrected chi connectivity index (χ2v) is 8.37. The third-order valence-corrected chi connectivity index (χ3v) is 6.39. The molecule has 4 rings (SSSR count). The maximum absolute atomic E-state index is 12.3. The molecule has 0 aromatic rings. The highest BCUT2D eigenvalue weighted by molar-refractivity contribution is 8.00. The van der Waals surface area contributed by atoms with Gasteiger partial charge in [0.1, 0.15) is 0 Å². The van der Waals surface area contributed by atoms with Crippen LogP contribution >= 0.6 is 11.8 Å². The molecule has 19 heavy (non-hydrogen) atoms. The Bertz CT molecular complexity index is 323. The van der Waals surface area contributed by atoms with E-state index in [1.54, 1.807) is 11.8 Å². The molecule has 1 amide bonds. The monoisotopic (exact) mass is 283 g/mol. The van der Waals surface area contributed by atoms with E-state index in [0.717, 1.165) is 17.8 Å². The van der Waals surface area contributed by atoms with Crippen molar-refractivity contribution in [3.63, 3.8) is 0 Å². The number of aliphatic hydroxyl groups excluding tert-OH is 1. The van der Waals surface area contributed by atoms with Gasteiger partial charge in [-0.2, -0.15) is 0 Å². The van der Waals surface area contributed by atoms with E-state index in [1.165, 1.54) is 38.5 Å². The lowest BCUT2D eigenvalue weighted by Crippen LogP contribution is -2.60. The van der Waals surface area contributed by atoms with E-state index >= 15 is 0 Å². The lowest BCUT2D eigenvalue weighted by molar-refractivity contribution is -0.126. The van der Waals surface area contributed by atoms with E-state index in [0.29, 0.717) is 5.75 Å². The first-order valence-corrected chi connectivity index (χ1v) is 8.69. The molecule has 4 aliphatic rings. The first-order chi connectivity index (χ1) is 9.10. The summed E-state index contributed by atoms with van der Waals surface area (Å²) in [5, 5.41) is 12.2. The molecule has 4 heteroatoms. The summed E-state index contributed by atoms with van der Waals surface area (Å²) in [7, 11) is 0. The average Bonchev–Trinajstić information content (AvgIpc) is 2.33. The molecule has 4 saturated carbocycles. The van der Waals surface area contributed by atoms with Gasteiger partial charge in [0.05, 0.1) is 11.9 Å². The van der Waals surface area contributed by atoms with Crippen molar-refractivity contribution in [2.24, 2.45) is 17.8 Å². The van der Waals surface area contributed by atoms with Gasteiger partial charge in [0.15, 0.2) is 0 Å². The van der Waals surface area contributed by atoms with Gasteiger partial charge in [0.25, 0.3) is 0 Å². The number of carbonyl (C=O) groups is 1. The van der Waals surface area contributed by atoms with Crippen LogP contribution in [0.1, 0.15) is 45.4 Å². The first-order valence-electron chi connectivity index (χ1n) is 7.65. The average molecular weight is 283 g/mol. The molecule has 0 aromatic heterocycles. The Kier molecular flexibility index (Phi) is 3.82. The Balaban J connectivity index is 1.61. The quantitative estimate of drug-likeness (QED) is 0.813. The van der Waals surface area contributed by atoms with Crippen LogP contribution in [0.3, 0.4) is 0 Å². The summed E-state index contributed by atoms with van der Waals surface area (Å²) in [5.41, 5.74) is 0.125. The van der Waals surface area contributed by atoms with Crippen molar-refractivity contribution < 1.29 is 9.90 Å². The highest BCUT2D eigenvalue weighted by Gasteiger charge is 2.51. The molecule has 2 N–H and O–H groups in total. The molecule has 0 aliphatic heterocycles. The number of carbonyl (C=O) groups excluding carboxylic acids is 1. The highest BCUT2D eigenvalue weighted by atomic mass is 32.2. The maximum Gasteiger partial charge on any atom is 0.233 e. The second-order valence-electron chi connectivity index (χ2n) is 6.92. The van der Waals surface area contributed by atoms with Crippen LogP contribution in [-0.4, -0.2) is 34.2 Å². The topological polar surface area (TPSA) is 49.3 Å². The highest BCUT2D eigenvalue weighted by Crippen LogP contribution is 2.55. The van der Waals surface area contributed by atoms with E-state index in [2.05, 4.69) is 5.32 Å². The third kappa shape index (κ3) is 2.80. The number of thioether (sulfide) groups is 1. The van der Waals surface area contributed by atoms with Gasteiger partial charge in [-0.25, -0.2) is 0 Å². The molecule has 0 heterocycles. The van der Waals surface area contributed by atoms with Crippen LogP contribution in [0.5, 0.6) is 0 Å². The fourth-order valence-corrected chi connectivity index (χ4v) is 5.60. The van der Waals surface area contributed by atoms with Gasteiger partial charge in [0.2, 0.25) is 5.91 Å². The van der Waals surface area contributed by atoms with Crippen molar-refractivity contribution >= 4 is 17.7 Å². The zero-order valence-electron chi connectivity index (χ0n) is 11.7. The van der Waals surface area contributed by atoms with Crippen molar-refractivity contribution in [3.8, 4) is 0 Å². The minimum absolute atomic E-state index is 0.0415. The van der Waals surface area contributed by atoms with Crippen molar-refractivity contribution in [1.82, 2.24) is 5.32 Å². The molecule has 4 aliphatic carbocycles. The summed E-state index contributed by atoms with van der Waals surface area (Å²) >= 11 is 1.55.